The number of amides is 1. The molecule has 141 valence electrons. The molecule has 0 saturated carbocycles. The van der Waals surface area contributed by atoms with Crippen LogP contribution in [0.25, 0.3) is 0 Å². The zero-order valence-electron chi connectivity index (χ0n) is 12.6. The molecule has 0 atom stereocenters. The molecule has 1 rings (SSSR count). The fraction of sp³-hybridized carbons (Fsp3) is 0.364. The molecule has 1 aromatic carbocycles. The fourth-order valence-corrected chi connectivity index (χ4v) is 4.33. The topological polar surface area (TPSA) is 189 Å². The first kappa shape index (κ1) is 22.2. The van der Waals surface area contributed by atoms with E-state index in [0.29, 0.717) is 11.3 Å². The normalized spacial score (nSPS) is 12.5. The van der Waals surface area contributed by atoms with Crippen molar-refractivity contribution in [3.63, 3.8) is 0 Å². The Kier molecular flexibility index (Phi) is 7.76. The number of benzene rings is 1. The van der Waals surface area contributed by atoms with Crippen LogP contribution in [0.1, 0.15) is 23.2 Å². The minimum absolute atomic E-state index is 0.149. The summed E-state index contributed by atoms with van der Waals surface area (Å²) < 4.78 is 26.0. The first-order chi connectivity index (χ1) is 11.4. The van der Waals surface area contributed by atoms with Gasteiger partial charge in [0.25, 0.3) is 0 Å². The number of carbonyl (C=O) groups is 1. The van der Waals surface area contributed by atoms with Gasteiger partial charge in [0.15, 0.2) is 0 Å². The Bertz CT molecular complexity index is 695. The van der Waals surface area contributed by atoms with Crippen molar-refractivity contribution in [2.24, 2.45) is 3.72 Å². The number of aliphatic hydroxyl groups is 1. The zero-order valence-corrected chi connectivity index (χ0v) is 16.3. The van der Waals surface area contributed by atoms with Crippen molar-refractivity contribution in [2.75, 3.05) is 12.0 Å². The molecule has 1 amide bonds. The van der Waals surface area contributed by atoms with E-state index >= 15 is 0 Å². The molecule has 1 aromatic rings. The van der Waals surface area contributed by atoms with Crippen LogP contribution < -0.4 is 10.7 Å². The summed E-state index contributed by atoms with van der Waals surface area (Å²) in [6, 6.07) is 6.25. The van der Waals surface area contributed by atoms with E-state index in [0.717, 1.165) is 0 Å². The van der Waals surface area contributed by atoms with Gasteiger partial charge in [0, 0.05) is 0 Å². The molecule has 0 aliphatic carbocycles. The molecule has 14 heteroatoms. The van der Waals surface area contributed by atoms with Crippen LogP contribution in [0.15, 0.2) is 28.0 Å². The standard InChI is InChI=1S/C11H17N3O8P2.Tc/c12-14-9-4-2-8(3-5-9)10(15)13-7-1-6-11(16,23(17,18)19)24(20,21)22;/h2-5,14,16H,1,6-7H2,(H,13,15)(H2,17,18,19)(H2,20,21,22);/i;1+1. The van der Waals surface area contributed by atoms with Crippen LogP contribution in [0.5, 0.6) is 0 Å². The van der Waals surface area contributed by atoms with Gasteiger partial charge in [-0.15, -0.1) is 0 Å². The summed E-state index contributed by atoms with van der Waals surface area (Å²) in [5, 5.41) is 8.65. The van der Waals surface area contributed by atoms with Gasteiger partial charge in [0.05, 0.1) is 0 Å². The number of nitrogens with zero attached hydrogens (tertiary/aromatic N) is 1. The molecule has 0 spiro atoms. The van der Waals surface area contributed by atoms with Crippen LogP contribution in [0, 0.1) is 0 Å². The van der Waals surface area contributed by atoms with Gasteiger partial charge in [-0.1, -0.05) is 0 Å². The molecular formula is C11H17N3O8P2Tc. The van der Waals surface area contributed by atoms with Crippen LogP contribution >= 0.6 is 15.2 Å². The number of anilines is 1. The van der Waals surface area contributed by atoms with Crippen LogP contribution in [-0.4, -0.2) is 42.2 Å². The van der Waals surface area contributed by atoms with Gasteiger partial charge in [-0.3, -0.25) is 9.13 Å². The average Bonchev–Trinajstić information content (AvgIpc) is 2.50. The van der Waals surface area contributed by atoms with Gasteiger partial charge in [0.1, 0.15) is 0 Å². The summed E-state index contributed by atoms with van der Waals surface area (Å²) in [4.78, 5) is 47.9. The molecule has 0 radical (unpaired) electrons. The third-order valence-electron chi connectivity index (χ3n) is 3.23. The van der Waals surface area contributed by atoms with Crippen molar-refractivity contribution in [1.82, 2.24) is 5.32 Å². The first-order valence-electron chi connectivity index (χ1n) is 6.71. The Morgan fingerprint density at radius 3 is 2.08 bits per heavy atom. The van der Waals surface area contributed by atoms with Gasteiger partial charge in [0.2, 0.25) is 0 Å². The van der Waals surface area contributed by atoms with E-state index in [9.17, 15) is 19.0 Å². The van der Waals surface area contributed by atoms with Crippen molar-refractivity contribution in [2.45, 2.75) is 17.9 Å². The second kappa shape index (κ2) is 8.72. The molecule has 7 N–H and O–H groups in total. The number of carbonyl (C=O) groups excluding carboxylic acids is 1. The number of hydrogen-bond acceptors (Lipinski definition) is 6. The number of rotatable bonds is 9. The van der Waals surface area contributed by atoms with Gasteiger partial charge in [-0.2, -0.15) is 0 Å². The minimum atomic E-state index is -5.48. The van der Waals surface area contributed by atoms with E-state index < -0.39 is 32.6 Å². The third-order valence-corrected chi connectivity index (χ3v) is 7.31. The quantitative estimate of drug-likeness (QED) is 0.148. The molecule has 0 saturated heterocycles. The third kappa shape index (κ3) is 5.85. The van der Waals surface area contributed by atoms with Gasteiger partial charge in [-0.25, -0.2) is 0 Å². The molecule has 0 aromatic heterocycles. The predicted molar refractivity (Wildman–Crippen MR) is 83.1 cm³/mol. The molecule has 0 aliphatic rings. The summed E-state index contributed by atoms with van der Waals surface area (Å²) in [6.45, 7) is -0.149. The summed E-state index contributed by atoms with van der Waals surface area (Å²) in [7, 11) is -11.0. The van der Waals surface area contributed by atoms with Crippen LogP contribution in [0.3, 0.4) is 0 Å². The Hall–Kier alpha value is -0.801. The first-order valence-corrected chi connectivity index (χ1v) is 10.8. The van der Waals surface area contributed by atoms with E-state index in [-0.39, 0.29) is 13.0 Å². The van der Waals surface area contributed by atoms with Crippen LogP contribution in [0.4, 0.5) is 5.69 Å². The molecule has 0 aliphatic heterocycles. The van der Waals surface area contributed by atoms with Crippen LogP contribution in [0.2, 0.25) is 0 Å². The SMILES string of the molecule is O=C(NCCCC(O)(P(=O)(O)O)P(=O)(O)O)c1ccc(N[N]=[99Tc])cc1. The van der Waals surface area contributed by atoms with Gasteiger partial charge < -0.3 is 24.7 Å². The molecular weight excluding hydrogens is 463 g/mol. The summed E-state index contributed by atoms with van der Waals surface area (Å²) in [5.41, 5.74) is 3.65. The summed E-state index contributed by atoms with van der Waals surface area (Å²) in [5.74, 6) is -0.492. The summed E-state index contributed by atoms with van der Waals surface area (Å²) >= 11 is 1.76. The van der Waals surface area contributed by atoms with E-state index in [2.05, 4.69) is 14.5 Å². The van der Waals surface area contributed by atoms with Gasteiger partial charge >= 0.3 is 119 Å². The second-order valence-electron chi connectivity index (χ2n) is 5.00. The van der Waals surface area contributed by atoms with Crippen molar-refractivity contribution in [3.8, 4) is 0 Å². The maximum atomic E-state index is 11.9. The molecule has 0 fully saturated rings. The fourth-order valence-electron chi connectivity index (χ4n) is 1.84. The van der Waals surface area contributed by atoms with E-state index in [1.165, 1.54) is 12.1 Å². The molecule has 0 unspecified atom stereocenters. The van der Waals surface area contributed by atoms with Crippen molar-refractivity contribution in [1.29, 1.82) is 0 Å². The molecule has 0 heterocycles. The van der Waals surface area contributed by atoms with Crippen molar-refractivity contribution < 1.29 is 57.3 Å². The Morgan fingerprint density at radius 1 is 1.12 bits per heavy atom. The Balaban J connectivity index is 2.61. The zero-order chi connectivity index (χ0) is 19.3. The predicted octanol–water partition coefficient (Wildman–Crippen LogP) is 0.255. The van der Waals surface area contributed by atoms with Crippen LogP contribution in [-0.2, 0) is 27.8 Å². The molecule has 0 bridgehead atoms. The van der Waals surface area contributed by atoms with E-state index in [1.807, 2.05) is 0 Å². The number of hydrogen-bond donors (Lipinski definition) is 7. The van der Waals surface area contributed by atoms with E-state index in [4.69, 9.17) is 19.6 Å². The summed E-state index contributed by atoms with van der Waals surface area (Å²) in [6.07, 6.45) is -1.15. The Morgan fingerprint density at radius 2 is 1.64 bits per heavy atom. The maximum absolute atomic E-state index is 11.9. The van der Waals surface area contributed by atoms with Crippen molar-refractivity contribution in [3.05, 3.63) is 29.8 Å². The monoisotopic (exact) mass is 480 g/mol. The van der Waals surface area contributed by atoms with Crippen molar-refractivity contribution >= 4 is 26.8 Å². The van der Waals surface area contributed by atoms with E-state index in [1.54, 1.807) is 30.8 Å². The van der Waals surface area contributed by atoms with Gasteiger partial charge in [-0.05, 0) is 0 Å². The number of nitrogens with one attached hydrogen (secondary N) is 2. The molecule has 25 heavy (non-hydrogen) atoms. The second-order valence-corrected chi connectivity index (χ2v) is 9.42. The molecule has 11 nitrogen and oxygen atoms in total. The Labute approximate surface area is 153 Å². The average molecular weight is 480 g/mol.